The van der Waals surface area contributed by atoms with Gasteiger partial charge in [-0.15, -0.1) is 0 Å². The maximum absolute atomic E-state index is 11.2. The minimum absolute atomic E-state index is 0.354. The number of nitrogens with zero attached hydrogens (tertiary/aromatic N) is 2. The van der Waals surface area contributed by atoms with Gasteiger partial charge in [0.05, 0.1) is 5.69 Å². The van der Waals surface area contributed by atoms with E-state index in [0.717, 1.165) is 0 Å². The van der Waals surface area contributed by atoms with Crippen LogP contribution in [0.25, 0.3) is 0 Å². The molecule has 0 amide bonds. The van der Waals surface area contributed by atoms with Gasteiger partial charge in [0.25, 0.3) is 0 Å². The topological polar surface area (TPSA) is 88.8 Å². The highest BCUT2D eigenvalue weighted by Gasteiger charge is 2.34. The van der Waals surface area contributed by atoms with Crippen LogP contribution in [0.5, 0.6) is 5.88 Å². The predicted molar refractivity (Wildman–Crippen MR) is 52.2 cm³/mol. The van der Waals surface area contributed by atoms with Crippen molar-refractivity contribution in [2.45, 2.75) is 26.7 Å². The fraction of sp³-hybridized carbons (Fsp3) is 0.500. The van der Waals surface area contributed by atoms with Crippen molar-refractivity contribution in [2.24, 2.45) is 5.41 Å². The minimum Gasteiger partial charge on any atom is -0.857 e. The number of carbonyl (C=O) groups excluding carboxylic acids is 1. The van der Waals surface area contributed by atoms with Crippen LogP contribution in [0.15, 0.2) is 12.4 Å². The average Bonchev–Trinajstić information content (AvgIpc) is 2.16. The Morgan fingerprint density at radius 1 is 1.47 bits per heavy atom. The molecule has 1 aromatic rings. The summed E-state index contributed by atoms with van der Waals surface area (Å²) >= 11 is 0. The SMILES string of the molecule is CC(C)(CCc1nccnc1[O-])C(=O)[OH2+]. The highest BCUT2D eigenvalue weighted by atomic mass is 16.4. The molecule has 0 aliphatic heterocycles. The summed E-state index contributed by atoms with van der Waals surface area (Å²) in [5, 5.41) is 18.2. The van der Waals surface area contributed by atoms with E-state index in [-0.39, 0.29) is 5.88 Å². The molecule has 0 aliphatic rings. The van der Waals surface area contributed by atoms with Gasteiger partial charge in [0, 0.05) is 23.1 Å². The summed E-state index contributed by atoms with van der Waals surface area (Å²) in [5.41, 5.74) is -0.379. The smallest absolute Gasteiger partial charge is 0.521 e. The molecule has 0 atom stereocenters. The lowest BCUT2D eigenvalue weighted by Gasteiger charge is -2.16. The van der Waals surface area contributed by atoms with Crippen molar-refractivity contribution >= 4 is 5.97 Å². The molecule has 0 saturated heterocycles. The van der Waals surface area contributed by atoms with Crippen molar-refractivity contribution < 1.29 is 15.0 Å². The van der Waals surface area contributed by atoms with Crippen LogP contribution >= 0.6 is 0 Å². The molecule has 5 heteroatoms. The van der Waals surface area contributed by atoms with Crippen molar-refractivity contribution in [3.05, 3.63) is 18.1 Å². The van der Waals surface area contributed by atoms with Gasteiger partial charge in [-0.2, -0.15) is 0 Å². The molecule has 0 unspecified atom stereocenters. The van der Waals surface area contributed by atoms with Gasteiger partial charge in [0.15, 0.2) is 0 Å². The van der Waals surface area contributed by atoms with Crippen molar-refractivity contribution in [3.63, 3.8) is 0 Å². The highest BCUT2D eigenvalue weighted by molar-refractivity contribution is 5.73. The molecule has 15 heavy (non-hydrogen) atoms. The molecule has 2 N–H and O–H groups in total. The monoisotopic (exact) mass is 210 g/mol. The maximum Gasteiger partial charge on any atom is 0.521 e. The Bertz CT molecular complexity index is 363. The van der Waals surface area contributed by atoms with Gasteiger partial charge in [-0.25, -0.2) is 0 Å². The quantitative estimate of drug-likeness (QED) is 0.641. The second-order valence-electron chi connectivity index (χ2n) is 4.02. The summed E-state index contributed by atoms with van der Waals surface area (Å²) in [7, 11) is 0. The zero-order valence-electron chi connectivity index (χ0n) is 8.78. The lowest BCUT2D eigenvalue weighted by atomic mass is 9.87. The van der Waals surface area contributed by atoms with E-state index in [9.17, 15) is 9.90 Å². The average molecular weight is 210 g/mol. The van der Waals surface area contributed by atoms with E-state index >= 15 is 0 Å². The van der Waals surface area contributed by atoms with Crippen LogP contribution < -0.4 is 5.11 Å². The van der Waals surface area contributed by atoms with E-state index in [4.69, 9.17) is 5.11 Å². The van der Waals surface area contributed by atoms with E-state index in [1.165, 1.54) is 12.4 Å². The lowest BCUT2D eigenvalue weighted by Crippen LogP contribution is -2.24. The zero-order chi connectivity index (χ0) is 11.5. The molecule has 0 saturated carbocycles. The van der Waals surface area contributed by atoms with E-state index in [0.29, 0.717) is 18.5 Å². The molecule has 1 heterocycles. The predicted octanol–water partition coefficient (Wildman–Crippen LogP) is -0.240. The molecular formula is C10H14N2O3. The van der Waals surface area contributed by atoms with Crippen molar-refractivity contribution in [1.29, 1.82) is 0 Å². The second-order valence-corrected chi connectivity index (χ2v) is 4.02. The second kappa shape index (κ2) is 4.25. The molecule has 0 spiro atoms. The third-order valence-electron chi connectivity index (χ3n) is 2.34. The van der Waals surface area contributed by atoms with Crippen LogP contribution in [0.4, 0.5) is 0 Å². The van der Waals surface area contributed by atoms with Gasteiger partial charge in [-0.3, -0.25) is 9.97 Å². The number of hydrogen-bond acceptors (Lipinski definition) is 4. The first-order chi connectivity index (χ1) is 6.93. The van der Waals surface area contributed by atoms with Crippen molar-refractivity contribution in [2.75, 3.05) is 0 Å². The van der Waals surface area contributed by atoms with Gasteiger partial charge < -0.3 is 10.2 Å². The summed E-state index contributed by atoms with van der Waals surface area (Å²) in [6, 6.07) is 0. The normalized spacial score (nSPS) is 11.3. The van der Waals surface area contributed by atoms with Gasteiger partial charge >= 0.3 is 5.97 Å². The number of aryl methyl sites for hydroxylation is 1. The van der Waals surface area contributed by atoms with Crippen LogP contribution in [0, 0.1) is 5.41 Å². The summed E-state index contributed by atoms with van der Waals surface area (Å²) in [4.78, 5) is 18.4. The molecule has 82 valence electrons. The van der Waals surface area contributed by atoms with E-state index in [1.807, 2.05) is 0 Å². The Kier molecular flexibility index (Phi) is 3.24. The Labute approximate surface area is 87.8 Å². The van der Waals surface area contributed by atoms with E-state index in [1.54, 1.807) is 13.8 Å². The van der Waals surface area contributed by atoms with Gasteiger partial charge in [-0.05, 0) is 26.7 Å². The van der Waals surface area contributed by atoms with Crippen LogP contribution in [0.1, 0.15) is 26.0 Å². The van der Waals surface area contributed by atoms with Crippen LogP contribution in [-0.2, 0) is 11.2 Å². The molecule has 0 aliphatic carbocycles. The molecule has 0 aromatic carbocycles. The third-order valence-corrected chi connectivity index (χ3v) is 2.34. The fourth-order valence-electron chi connectivity index (χ4n) is 1.07. The Morgan fingerprint density at radius 3 is 2.60 bits per heavy atom. The van der Waals surface area contributed by atoms with E-state index in [2.05, 4.69) is 9.97 Å². The maximum atomic E-state index is 11.2. The van der Waals surface area contributed by atoms with Gasteiger partial charge in [0.1, 0.15) is 5.41 Å². The molecular weight excluding hydrogens is 196 g/mol. The number of hydrogen-bond donors (Lipinski definition) is 0. The summed E-state index contributed by atoms with van der Waals surface area (Å²) in [6.07, 6.45) is 3.60. The van der Waals surface area contributed by atoms with Crippen LogP contribution in [-0.4, -0.2) is 21.0 Å². The molecule has 1 rings (SSSR count). The highest BCUT2D eigenvalue weighted by Crippen LogP contribution is 2.23. The summed E-state index contributed by atoms with van der Waals surface area (Å²) in [6.45, 7) is 3.37. The number of carbonyl (C=O) groups is 1. The third kappa shape index (κ3) is 2.90. The lowest BCUT2D eigenvalue weighted by molar-refractivity contribution is -0.276. The van der Waals surface area contributed by atoms with Gasteiger partial charge in [-0.1, -0.05) is 0 Å². The van der Waals surface area contributed by atoms with Crippen molar-refractivity contribution in [3.8, 4) is 5.88 Å². The standard InChI is InChI=1S/C10H14N2O3/c1-10(2,9(14)15)4-3-7-8(13)12-6-5-11-7/h5-6H,3-4H2,1-2H3,(H,12,13)(H,14,15). The Morgan fingerprint density at radius 2 is 2.07 bits per heavy atom. The minimum atomic E-state index is -0.732. The largest absolute Gasteiger partial charge is 0.857 e. The molecule has 1 aromatic heterocycles. The van der Waals surface area contributed by atoms with Crippen LogP contribution in [0.3, 0.4) is 0 Å². The molecule has 0 radical (unpaired) electrons. The number of rotatable bonds is 4. The van der Waals surface area contributed by atoms with E-state index < -0.39 is 11.4 Å². The zero-order valence-corrected chi connectivity index (χ0v) is 8.78. The fourth-order valence-corrected chi connectivity index (χ4v) is 1.07. The summed E-state index contributed by atoms with van der Waals surface area (Å²) in [5.74, 6) is -0.982. The molecule has 0 bridgehead atoms. The van der Waals surface area contributed by atoms with Gasteiger partial charge in [0.2, 0.25) is 0 Å². The van der Waals surface area contributed by atoms with Crippen molar-refractivity contribution in [1.82, 2.24) is 9.97 Å². The summed E-state index contributed by atoms with van der Waals surface area (Å²) < 4.78 is 0. The first kappa shape index (κ1) is 11.4. The molecule has 5 nitrogen and oxygen atoms in total. The first-order valence-electron chi connectivity index (χ1n) is 4.66. The van der Waals surface area contributed by atoms with Crippen LogP contribution in [0.2, 0.25) is 0 Å². The molecule has 0 fully saturated rings. The first-order valence-corrected chi connectivity index (χ1v) is 4.66. The number of aromatic nitrogens is 2. The Balaban J connectivity index is 2.66. The Hall–Kier alpha value is -1.65.